The molecule has 3 aliphatic carbocycles. The molecule has 3 saturated carbocycles. The summed E-state index contributed by atoms with van der Waals surface area (Å²) >= 11 is 0. The summed E-state index contributed by atoms with van der Waals surface area (Å²) in [5, 5.41) is 0. The Labute approximate surface area is 219 Å². The zero-order valence-electron chi connectivity index (χ0n) is 22.5. The van der Waals surface area contributed by atoms with Gasteiger partial charge in [0.2, 0.25) is 0 Å². The Morgan fingerprint density at radius 1 is 1.16 bits per heavy atom. The van der Waals surface area contributed by atoms with Gasteiger partial charge in [-0.3, -0.25) is 4.79 Å². The lowest BCUT2D eigenvalue weighted by molar-refractivity contribution is -0.274. The van der Waals surface area contributed by atoms with Gasteiger partial charge in [-0.1, -0.05) is 52.2 Å². The van der Waals surface area contributed by atoms with Gasteiger partial charge in [0.05, 0.1) is 17.7 Å². The summed E-state index contributed by atoms with van der Waals surface area (Å²) in [4.78, 5) is 12.8. The average molecular weight is 523 g/mol. The lowest BCUT2D eigenvalue weighted by atomic mass is 9.43. The number of unbranched alkanes of at least 4 members (excludes halogenated alkanes) is 2. The third kappa shape index (κ3) is 6.20. The van der Waals surface area contributed by atoms with Crippen molar-refractivity contribution in [2.45, 2.75) is 115 Å². The molecule has 4 aliphatic rings. The van der Waals surface area contributed by atoms with Crippen LogP contribution in [0.2, 0.25) is 5.82 Å². The van der Waals surface area contributed by atoms with Crippen LogP contribution >= 0.6 is 0 Å². The summed E-state index contributed by atoms with van der Waals surface area (Å²) in [6.07, 6.45) is 2.55. The molecule has 1 aromatic rings. The fraction of sp³-hybridized carbons (Fsp3) is 0.750. The van der Waals surface area contributed by atoms with Gasteiger partial charge in [-0.25, -0.2) is 0 Å². The molecule has 6 atom stereocenters. The number of alkyl halides is 3. The molecule has 2 N–H and O–H groups in total. The molecular weight excluding hydrogens is 482 g/mol. The number of hydrogen-bond donors (Lipinski definition) is 1. The molecule has 0 spiro atoms. The van der Waals surface area contributed by atoms with Crippen LogP contribution in [-0.4, -0.2) is 37.0 Å². The topological polar surface area (TPSA) is 70.8 Å². The number of halogens is 3. The molecule has 4 fully saturated rings. The maximum atomic E-state index is 12.8. The van der Waals surface area contributed by atoms with Crippen molar-refractivity contribution in [2.24, 2.45) is 23.0 Å². The van der Waals surface area contributed by atoms with Gasteiger partial charge < -0.3 is 19.8 Å². The van der Waals surface area contributed by atoms with Crippen LogP contribution in [-0.2, 0) is 20.5 Å². The fourth-order valence-corrected chi connectivity index (χ4v) is 6.85. The summed E-state index contributed by atoms with van der Waals surface area (Å²) in [5.41, 5.74) is 6.86. The van der Waals surface area contributed by atoms with Crippen LogP contribution < -0.4 is 10.5 Å². The third-order valence-electron chi connectivity index (χ3n) is 9.30. The van der Waals surface area contributed by atoms with E-state index in [0.29, 0.717) is 37.5 Å². The lowest BCUT2D eigenvalue weighted by Crippen LogP contribution is -2.65. The lowest BCUT2D eigenvalue weighted by Gasteiger charge is -2.64. The standard InChI is InChI=1S/C28H41BF3NO4/c1-5-6-7-8-22(33)23(34)14-11-20(15-18-9-12-21(13-10-18)35-28(30,31)32)29-36-25-17-19-16-24(26(19,2)3)27(25,4)37-29/h9-10,12-13,19-20,22,24-25H,5-8,11,14-17,33H2,1-4H3/t19?,20-,22-,24?,25?,27+/m0/s1. The van der Waals surface area contributed by atoms with Crippen molar-refractivity contribution in [3.8, 4) is 5.75 Å². The maximum absolute atomic E-state index is 12.8. The first-order valence-corrected chi connectivity index (χ1v) is 13.8. The monoisotopic (exact) mass is 523 g/mol. The Morgan fingerprint density at radius 2 is 1.86 bits per heavy atom. The molecule has 1 heterocycles. The van der Waals surface area contributed by atoms with Gasteiger partial charge in [0.25, 0.3) is 0 Å². The van der Waals surface area contributed by atoms with Crippen molar-refractivity contribution >= 4 is 12.9 Å². The molecule has 9 heteroatoms. The number of carbonyl (C=O) groups excluding carboxylic acids is 1. The highest BCUT2D eigenvalue weighted by Crippen LogP contribution is 2.66. The number of Topliss-reactive ketones (excluding diaryl/α,β-unsaturated/α-hetero) is 1. The number of nitrogens with two attached hydrogens (primary N) is 1. The van der Waals surface area contributed by atoms with Crippen LogP contribution in [0.3, 0.4) is 0 Å². The summed E-state index contributed by atoms with van der Waals surface area (Å²) in [7, 11) is -0.472. The Morgan fingerprint density at radius 3 is 2.49 bits per heavy atom. The molecule has 2 bridgehead atoms. The number of carbonyl (C=O) groups is 1. The second-order valence-electron chi connectivity index (χ2n) is 12.1. The molecule has 5 rings (SSSR count). The van der Waals surface area contributed by atoms with Gasteiger partial charge in [-0.2, -0.15) is 0 Å². The summed E-state index contributed by atoms with van der Waals surface area (Å²) in [6, 6.07) is 5.45. The molecule has 1 saturated heterocycles. The SMILES string of the molecule is CCCCC[C@H](N)C(=O)CC[C@@H](Cc1ccc(OC(F)(F)F)cc1)B1OC2CC3CC(C3(C)C)[C@@]2(C)O1. The van der Waals surface area contributed by atoms with Gasteiger partial charge in [-0.05, 0) is 79.8 Å². The molecule has 0 amide bonds. The number of rotatable bonds is 12. The van der Waals surface area contributed by atoms with Crippen molar-refractivity contribution in [1.82, 2.24) is 0 Å². The van der Waals surface area contributed by atoms with Crippen LogP contribution in [0.1, 0.15) is 84.6 Å². The van der Waals surface area contributed by atoms with E-state index in [9.17, 15) is 18.0 Å². The van der Waals surface area contributed by atoms with Gasteiger partial charge >= 0.3 is 13.5 Å². The van der Waals surface area contributed by atoms with E-state index in [2.05, 4.69) is 32.4 Å². The fourth-order valence-electron chi connectivity index (χ4n) is 6.85. The first-order chi connectivity index (χ1) is 17.3. The smallest absolute Gasteiger partial charge is 0.406 e. The molecule has 1 aromatic carbocycles. The van der Waals surface area contributed by atoms with E-state index < -0.39 is 19.5 Å². The predicted molar refractivity (Wildman–Crippen MR) is 137 cm³/mol. The average Bonchev–Trinajstić information content (AvgIpc) is 3.18. The maximum Gasteiger partial charge on any atom is 0.573 e. The molecule has 1 aliphatic heterocycles. The first-order valence-electron chi connectivity index (χ1n) is 13.8. The molecule has 3 unspecified atom stereocenters. The van der Waals surface area contributed by atoms with Crippen molar-refractivity contribution in [1.29, 1.82) is 0 Å². The Bertz CT molecular complexity index is 940. The Hall–Kier alpha value is -1.58. The number of ketones is 1. The number of ether oxygens (including phenoxy) is 1. The van der Waals surface area contributed by atoms with Crippen molar-refractivity contribution in [3.63, 3.8) is 0 Å². The molecule has 0 aromatic heterocycles. The van der Waals surface area contributed by atoms with Crippen molar-refractivity contribution in [3.05, 3.63) is 29.8 Å². The second-order valence-corrected chi connectivity index (χ2v) is 12.1. The Kier molecular flexibility index (Phi) is 8.37. The molecule has 0 radical (unpaired) electrons. The quantitative estimate of drug-likeness (QED) is 0.251. The summed E-state index contributed by atoms with van der Waals surface area (Å²) < 4.78 is 54.9. The van der Waals surface area contributed by atoms with E-state index in [1.807, 2.05) is 0 Å². The molecule has 206 valence electrons. The minimum Gasteiger partial charge on any atom is -0.406 e. The van der Waals surface area contributed by atoms with Crippen molar-refractivity contribution in [2.75, 3.05) is 0 Å². The first kappa shape index (κ1) is 28.4. The van der Waals surface area contributed by atoms with Gasteiger partial charge in [0, 0.05) is 6.42 Å². The van der Waals surface area contributed by atoms with Crippen LogP contribution in [0.25, 0.3) is 0 Å². The number of benzene rings is 1. The molecule has 37 heavy (non-hydrogen) atoms. The van der Waals surface area contributed by atoms with Gasteiger partial charge in [0.1, 0.15) is 11.5 Å². The second kappa shape index (κ2) is 10.9. The normalized spacial score (nSPS) is 29.8. The van der Waals surface area contributed by atoms with Crippen LogP contribution in [0.5, 0.6) is 5.75 Å². The van der Waals surface area contributed by atoms with E-state index in [4.69, 9.17) is 15.0 Å². The minimum atomic E-state index is -4.73. The highest BCUT2D eigenvalue weighted by Gasteiger charge is 2.68. The zero-order chi connectivity index (χ0) is 27.0. The highest BCUT2D eigenvalue weighted by atomic mass is 19.4. The van der Waals surface area contributed by atoms with E-state index >= 15 is 0 Å². The molecular formula is C28H41BF3NO4. The van der Waals surface area contributed by atoms with E-state index in [-0.39, 0.29) is 34.5 Å². The summed E-state index contributed by atoms with van der Waals surface area (Å²) in [6.45, 7) is 8.90. The zero-order valence-corrected chi connectivity index (χ0v) is 22.5. The number of hydrogen-bond acceptors (Lipinski definition) is 5. The third-order valence-corrected chi connectivity index (χ3v) is 9.30. The largest absolute Gasteiger partial charge is 0.573 e. The summed E-state index contributed by atoms with van der Waals surface area (Å²) in [5.74, 6) is 0.709. The predicted octanol–water partition coefficient (Wildman–Crippen LogP) is 6.48. The van der Waals surface area contributed by atoms with Crippen molar-refractivity contribution < 1.29 is 32.0 Å². The van der Waals surface area contributed by atoms with Gasteiger partial charge in [0.15, 0.2) is 0 Å². The van der Waals surface area contributed by atoms with Crippen LogP contribution in [0.15, 0.2) is 24.3 Å². The molecule has 5 nitrogen and oxygen atoms in total. The van der Waals surface area contributed by atoms with E-state index in [1.165, 1.54) is 12.1 Å². The Balaban J connectivity index is 1.45. The van der Waals surface area contributed by atoms with Crippen LogP contribution in [0, 0.1) is 17.3 Å². The van der Waals surface area contributed by atoms with E-state index in [0.717, 1.165) is 37.7 Å². The van der Waals surface area contributed by atoms with Gasteiger partial charge in [-0.15, -0.1) is 13.2 Å². The van der Waals surface area contributed by atoms with Crippen LogP contribution in [0.4, 0.5) is 13.2 Å². The minimum absolute atomic E-state index is 0.0198. The van der Waals surface area contributed by atoms with E-state index in [1.54, 1.807) is 12.1 Å². The highest BCUT2D eigenvalue weighted by molar-refractivity contribution is 6.47.